The van der Waals surface area contributed by atoms with Crippen LogP contribution in [-0.4, -0.2) is 16.0 Å². The molecule has 2 heterocycles. The van der Waals surface area contributed by atoms with Crippen molar-refractivity contribution in [1.82, 2.24) is 4.98 Å². The lowest BCUT2D eigenvalue weighted by atomic mass is 10.1. The van der Waals surface area contributed by atoms with E-state index in [1.807, 2.05) is 30.3 Å². The molecule has 0 bridgehead atoms. The Morgan fingerprint density at radius 3 is 2.62 bits per heavy atom. The highest BCUT2D eigenvalue weighted by molar-refractivity contribution is 7.22. The van der Waals surface area contributed by atoms with Gasteiger partial charge in [-0.05, 0) is 17.2 Å². The fourth-order valence-corrected chi connectivity index (χ4v) is 3.32. The van der Waals surface area contributed by atoms with Gasteiger partial charge in [0.25, 0.3) is 5.91 Å². The lowest BCUT2D eigenvalue weighted by Crippen LogP contribution is -2.11. The van der Waals surface area contributed by atoms with Crippen molar-refractivity contribution in [2.75, 3.05) is 5.73 Å². The molecule has 3 aromatic rings. The molecule has 0 fully saturated rings. The molecule has 0 spiro atoms. The number of hydrogen-bond acceptors (Lipinski definition) is 5. The summed E-state index contributed by atoms with van der Waals surface area (Å²) < 4.78 is 0.747. The number of carbonyl (C=O) groups is 1. The van der Waals surface area contributed by atoms with Gasteiger partial charge in [0, 0.05) is 16.5 Å². The third-order valence-corrected chi connectivity index (χ3v) is 4.49. The third kappa shape index (κ3) is 2.35. The number of hydrogen-bond donors (Lipinski definition) is 3. The van der Waals surface area contributed by atoms with Gasteiger partial charge in [0.2, 0.25) is 0 Å². The number of benzene rings is 1. The molecule has 21 heavy (non-hydrogen) atoms. The van der Waals surface area contributed by atoms with Crippen molar-refractivity contribution in [3.05, 3.63) is 47.7 Å². The first-order valence-electron chi connectivity index (χ1n) is 6.28. The number of aromatic nitrogens is 1. The second-order valence-electron chi connectivity index (χ2n) is 4.63. The fraction of sp³-hybridized carbons (Fsp3) is 0.0667. The predicted molar refractivity (Wildman–Crippen MR) is 83.9 cm³/mol. The van der Waals surface area contributed by atoms with Crippen LogP contribution in [0.15, 0.2) is 36.5 Å². The maximum Gasteiger partial charge on any atom is 0.251 e. The molecule has 1 aromatic carbocycles. The first-order chi connectivity index (χ1) is 10.1. The summed E-state index contributed by atoms with van der Waals surface area (Å²) >= 11 is 1.45. The number of nitrogens with two attached hydrogens (primary N) is 2. The number of anilines is 1. The van der Waals surface area contributed by atoms with Gasteiger partial charge in [-0.25, -0.2) is 4.98 Å². The molecule has 1 amide bonds. The summed E-state index contributed by atoms with van der Waals surface area (Å²) in [7, 11) is 0. The van der Waals surface area contributed by atoms with Gasteiger partial charge in [-0.3, -0.25) is 4.79 Å². The molecule has 0 saturated carbocycles. The lowest BCUT2D eigenvalue weighted by Gasteiger charge is -1.99. The van der Waals surface area contributed by atoms with Crippen LogP contribution in [0, 0.1) is 0 Å². The Morgan fingerprint density at radius 2 is 2.00 bits per heavy atom. The summed E-state index contributed by atoms with van der Waals surface area (Å²) in [6, 6.07) is 9.46. The Balaban J connectivity index is 2.17. The molecule has 0 atom stereocenters. The average molecular weight is 299 g/mol. The Kier molecular flexibility index (Phi) is 3.32. The van der Waals surface area contributed by atoms with E-state index in [0.29, 0.717) is 11.4 Å². The molecule has 0 aliphatic rings. The number of aliphatic hydroxyl groups is 1. The van der Waals surface area contributed by atoms with E-state index in [4.69, 9.17) is 16.6 Å². The first-order valence-corrected chi connectivity index (χ1v) is 7.10. The summed E-state index contributed by atoms with van der Waals surface area (Å²) in [5.41, 5.74) is 13.5. The Morgan fingerprint density at radius 1 is 1.29 bits per heavy atom. The summed E-state index contributed by atoms with van der Waals surface area (Å²) in [5.74, 6) is -0.138. The number of nitrogen functional groups attached to an aromatic ring is 1. The van der Waals surface area contributed by atoms with E-state index in [0.717, 1.165) is 26.1 Å². The smallest absolute Gasteiger partial charge is 0.251 e. The van der Waals surface area contributed by atoms with Crippen LogP contribution in [0.5, 0.6) is 0 Å². The average Bonchev–Trinajstić information content (AvgIpc) is 2.93. The molecule has 5 nitrogen and oxygen atoms in total. The number of carbonyl (C=O) groups excluding carboxylic acids is 1. The number of amides is 1. The normalized spacial score (nSPS) is 10.9. The quantitative estimate of drug-likeness (QED) is 0.689. The van der Waals surface area contributed by atoms with Crippen LogP contribution >= 0.6 is 11.3 Å². The topological polar surface area (TPSA) is 102 Å². The SMILES string of the molecule is NC(=O)c1cnc(N)c2cc(-c3ccc(CO)cc3)sc12. The van der Waals surface area contributed by atoms with Crippen LogP contribution in [0.25, 0.3) is 20.5 Å². The number of thiophene rings is 1. The van der Waals surface area contributed by atoms with Gasteiger partial charge in [0.15, 0.2) is 0 Å². The summed E-state index contributed by atoms with van der Waals surface area (Å²) in [5, 5.41) is 9.81. The fourth-order valence-electron chi connectivity index (χ4n) is 2.14. The number of primary amides is 1. The highest BCUT2D eigenvalue weighted by Crippen LogP contribution is 2.37. The predicted octanol–water partition coefficient (Wildman–Crippen LogP) is 2.14. The van der Waals surface area contributed by atoms with Crippen LogP contribution in [0.4, 0.5) is 5.82 Å². The highest BCUT2D eigenvalue weighted by Gasteiger charge is 2.14. The van der Waals surface area contributed by atoms with Gasteiger partial charge in [0.1, 0.15) is 5.82 Å². The van der Waals surface area contributed by atoms with Crippen molar-refractivity contribution < 1.29 is 9.90 Å². The van der Waals surface area contributed by atoms with Gasteiger partial charge in [-0.15, -0.1) is 11.3 Å². The number of rotatable bonds is 3. The monoisotopic (exact) mass is 299 g/mol. The molecule has 0 aliphatic heterocycles. The van der Waals surface area contributed by atoms with Crippen LogP contribution in [-0.2, 0) is 6.61 Å². The van der Waals surface area contributed by atoms with E-state index in [1.54, 1.807) is 0 Å². The highest BCUT2D eigenvalue weighted by atomic mass is 32.1. The minimum absolute atomic E-state index is 0.00931. The van der Waals surface area contributed by atoms with E-state index in [1.165, 1.54) is 17.5 Å². The molecule has 2 aromatic heterocycles. The standard InChI is InChI=1S/C15H13N3O2S/c16-14-10-5-12(9-3-1-8(7-19)2-4-9)21-13(10)11(6-18-14)15(17)20/h1-6,19H,7H2,(H2,16,18)(H2,17,20). The molecular weight excluding hydrogens is 286 g/mol. The second-order valence-corrected chi connectivity index (χ2v) is 5.68. The van der Waals surface area contributed by atoms with Gasteiger partial charge < -0.3 is 16.6 Å². The zero-order chi connectivity index (χ0) is 15.0. The molecule has 3 rings (SSSR count). The Labute approximate surface area is 124 Å². The van der Waals surface area contributed by atoms with E-state index in [-0.39, 0.29) is 6.61 Å². The van der Waals surface area contributed by atoms with Crippen LogP contribution in [0.3, 0.4) is 0 Å². The van der Waals surface area contributed by atoms with Crippen LogP contribution in [0.2, 0.25) is 0 Å². The van der Waals surface area contributed by atoms with E-state index < -0.39 is 5.91 Å². The molecule has 5 N–H and O–H groups in total. The number of nitrogens with zero attached hydrogens (tertiary/aromatic N) is 1. The summed E-state index contributed by atoms with van der Waals surface area (Å²) in [6.45, 7) is 0.00931. The molecule has 0 unspecified atom stereocenters. The van der Waals surface area contributed by atoms with Crippen LogP contribution < -0.4 is 11.5 Å². The molecule has 0 radical (unpaired) electrons. The Bertz CT molecular complexity index is 825. The zero-order valence-electron chi connectivity index (χ0n) is 11.0. The van der Waals surface area contributed by atoms with Gasteiger partial charge in [0.05, 0.1) is 16.9 Å². The first kappa shape index (κ1) is 13.5. The van der Waals surface area contributed by atoms with E-state index in [9.17, 15) is 4.79 Å². The van der Waals surface area contributed by atoms with E-state index >= 15 is 0 Å². The largest absolute Gasteiger partial charge is 0.392 e. The van der Waals surface area contributed by atoms with Crippen molar-refractivity contribution >= 4 is 33.1 Å². The Hall–Kier alpha value is -2.44. The lowest BCUT2D eigenvalue weighted by molar-refractivity contribution is 0.100. The van der Waals surface area contributed by atoms with Gasteiger partial charge in [-0.2, -0.15) is 0 Å². The minimum atomic E-state index is -0.517. The van der Waals surface area contributed by atoms with Crippen molar-refractivity contribution in [3.8, 4) is 10.4 Å². The molecule has 6 heteroatoms. The molecule has 0 saturated heterocycles. The maximum absolute atomic E-state index is 11.5. The second kappa shape index (κ2) is 5.16. The minimum Gasteiger partial charge on any atom is -0.392 e. The maximum atomic E-state index is 11.5. The van der Waals surface area contributed by atoms with Crippen LogP contribution in [0.1, 0.15) is 15.9 Å². The molecule has 0 aliphatic carbocycles. The molecule has 106 valence electrons. The van der Waals surface area contributed by atoms with Crippen molar-refractivity contribution in [1.29, 1.82) is 0 Å². The van der Waals surface area contributed by atoms with Crippen molar-refractivity contribution in [3.63, 3.8) is 0 Å². The van der Waals surface area contributed by atoms with Gasteiger partial charge in [-0.1, -0.05) is 24.3 Å². The van der Waals surface area contributed by atoms with Gasteiger partial charge >= 0.3 is 0 Å². The molecular formula is C15H13N3O2S. The number of aliphatic hydroxyl groups excluding tert-OH is 1. The summed E-state index contributed by atoms with van der Waals surface area (Å²) in [6.07, 6.45) is 1.41. The van der Waals surface area contributed by atoms with Crippen molar-refractivity contribution in [2.24, 2.45) is 5.73 Å². The van der Waals surface area contributed by atoms with E-state index in [2.05, 4.69) is 4.98 Å². The zero-order valence-corrected chi connectivity index (χ0v) is 11.9. The summed E-state index contributed by atoms with van der Waals surface area (Å²) in [4.78, 5) is 16.5. The van der Waals surface area contributed by atoms with Crippen molar-refractivity contribution in [2.45, 2.75) is 6.61 Å². The number of pyridine rings is 1. The third-order valence-electron chi connectivity index (χ3n) is 3.27. The number of fused-ring (bicyclic) bond motifs is 1.